The summed E-state index contributed by atoms with van der Waals surface area (Å²) >= 11 is 0. The van der Waals surface area contributed by atoms with Gasteiger partial charge in [0.15, 0.2) is 0 Å². The van der Waals surface area contributed by atoms with Gasteiger partial charge in [0.25, 0.3) is 0 Å². The van der Waals surface area contributed by atoms with Crippen molar-refractivity contribution in [3.63, 3.8) is 0 Å². The van der Waals surface area contributed by atoms with Crippen molar-refractivity contribution in [2.24, 2.45) is 11.7 Å². The smallest absolute Gasteiger partial charge is 0.0359 e. The van der Waals surface area contributed by atoms with Crippen LogP contribution >= 0.6 is 0 Å². The van der Waals surface area contributed by atoms with E-state index in [1.165, 1.54) is 58.3 Å². The van der Waals surface area contributed by atoms with Crippen molar-refractivity contribution < 1.29 is 0 Å². The number of rotatable bonds is 5. The Hall–Kier alpha value is -0.120. The molecule has 3 nitrogen and oxygen atoms in total. The van der Waals surface area contributed by atoms with E-state index in [9.17, 15) is 0 Å². The predicted molar refractivity (Wildman–Crippen MR) is 82.3 cm³/mol. The first-order chi connectivity index (χ1) is 9.13. The standard InChI is InChI=1S/C16H33N3/c1-4-9-18-11-7-16(13-17,8-12-18)19-10-5-6-15(19)14(2)3/h14-15H,4-13,17H2,1-3H3. The molecule has 0 saturated carbocycles. The van der Waals surface area contributed by atoms with Gasteiger partial charge in [0.05, 0.1) is 0 Å². The van der Waals surface area contributed by atoms with Gasteiger partial charge in [-0.05, 0) is 64.2 Å². The summed E-state index contributed by atoms with van der Waals surface area (Å²) < 4.78 is 0. The summed E-state index contributed by atoms with van der Waals surface area (Å²) in [6, 6.07) is 0.765. The molecule has 2 saturated heterocycles. The molecule has 0 spiro atoms. The Labute approximate surface area is 119 Å². The molecule has 0 bridgehead atoms. The largest absolute Gasteiger partial charge is 0.329 e. The van der Waals surface area contributed by atoms with Gasteiger partial charge in [-0.1, -0.05) is 20.8 Å². The molecule has 112 valence electrons. The molecule has 0 radical (unpaired) electrons. The molecular weight excluding hydrogens is 234 g/mol. The maximum atomic E-state index is 6.24. The number of hydrogen-bond donors (Lipinski definition) is 1. The van der Waals surface area contributed by atoms with E-state index in [4.69, 9.17) is 5.73 Å². The summed E-state index contributed by atoms with van der Waals surface area (Å²) in [7, 11) is 0. The second-order valence-electron chi connectivity index (χ2n) is 6.92. The molecule has 0 aromatic carbocycles. The maximum absolute atomic E-state index is 6.24. The molecule has 2 rings (SSSR count). The lowest BCUT2D eigenvalue weighted by molar-refractivity contribution is 0.00600. The van der Waals surface area contributed by atoms with Crippen LogP contribution in [0.1, 0.15) is 52.9 Å². The lowest BCUT2D eigenvalue weighted by Crippen LogP contribution is -2.61. The Morgan fingerprint density at radius 3 is 2.42 bits per heavy atom. The first-order valence-electron chi connectivity index (χ1n) is 8.32. The van der Waals surface area contributed by atoms with Gasteiger partial charge in [0.2, 0.25) is 0 Å². The molecule has 2 fully saturated rings. The van der Waals surface area contributed by atoms with E-state index in [2.05, 4.69) is 30.6 Å². The van der Waals surface area contributed by atoms with Crippen molar-refractivity contribution in [1.82, 2.24) is 9.80 Å². The highest BCUT2D eigenvalue weighted by atomic mass is 15.3. The number of nitrogens with two attached hydrogens (primary N) is 1. The summed E-state index contributed by atoms with van der Waals surface area (Å²) in [5.41, 5.74) is 6.54. The number of likely N-dealkylation sites (tertiary alicyclic amines) is 2. The lowest BCUT2D eigenvalue weighted by atomic mass is 9.83. The zero-order valence-electron chi connectivity index (χ0n) is 13.2. The Bertz CT molecular complexity index is 269. The first kappa shape index (κ1) is 15.3. The second-order valence-corrected chi connectivity index (χ2v) is 6.92. The lowest BCUT2D eigenvalue weighted by Gasteiger charge is -2.50. The molecule has 1 unspecified atom stereocenters. The molecule has 2 aliphatic heterocycles. The van der Waals surface area contributed by atoms with Crippen molar-refractivity contribution in [2.45, 2.75) is 64.5 Å². The third-order valence-electron chi connectivity index (χ3n) is 5.38. The average molecular weight is 267 g/mol. The Balaban J connectivity index is 2.03. The van der Waals surface area contributed by atoms with E-state index >= 15 is 0 Å². The molecular formula is C16H33N3. The fourth-order valence-corrected chi connectivity index (χ4v) is 4.19. The van der Waals surface area contributed by atoms with Crippen molar-refractivity contribution in [3.05, 3.63) is 0 Å². The van der Waals surface area contributed by atoms with Gasteiger partial charge in [-0.15, -0.1) is 0 Å². The van der Waals surface area contributed by atoms with Crippen LogP contribution in [0.5, 0.6) is 0 Å². The van der Waals surface area contributed by atoms with Gasteiger partial charge in [0, 0.05) is 18.1 Å². The van der Waals surface area contributed by atoms with E-state index in [-0.39, 0.29) is 0 Å². The zero-order chi connectivity index (χ0) is 13.9. The number of hydrogen-bond acceptors (Lipinski definition) is 3. The summed E-state index contributed by atoms with van der Waals surface area (Å²) in [4.78, 5) is 5.41. The summed E-state index contributed by atoms with van der Waals surface area (Å²) in [5.74, 6) is 0.764. The molecule has 2 N–H and O–H groups in total. The van der Waals surface area contributed by atoms with Crippen molar-refractivity contribution in [2.75, 3.05) is 32.7 Å². The molecule has 3 heteroatoms. The van der Waals surface area contributed by atoms with Crippen LogP contribution in [0, 0.1) is 5.92 Å². The van der Waals surface area contributed by atoms with Crippen LogP contribution in [0.3, 0.4) is 0 Å². The molecule has 19 heavy (non-hydrogen) atoms. The molecule has 1 atom stereocenters. The van der Waals surface area contributed by atoms with Gasteiger partial charge >= 0.3 is 0 Å². The minimum Gasteiger partial charge on any atom is -0.329 e. The molecule has 0 aromatic heterocycles. The van der Waals surface area contributed by atoms with E-state index in [1.807, 2.05) is 0 Å². The second kappa shape index (κ2) is 6.55. The van der Waals surface area contributed by atoms with Gasteiger partial charge in [-0.3, -0.25) is 4.90 Å². The third-order valence-corrected chi connectivity index (χ3v) is 5.38. The van der Waals surface area contributed by atoms with Crippen LogP contribution in [0.25, 0.3) is 0 Å². The average Bonchev–Trinajstić information content (AvgIpc) is 2.90. The van der Waals surface area contributed by atoms with E-state index in [0.717, 1.165) is 18.5 Å². The molecule has 2 heterocycles. The van der Waals surface area contributed by atoms with Crippen LogP contribution in [0.4, 0.5) is 0 Å². The monoisotopic (exact) mass is 267 g/mol. The normalized spacial score (nSPS) is 29.2. The quantitative estimate of drug-likeness (QED) is 0.829. The van der Waals surface area contributed by atoms with Crippen molar-refractivity contribution in [1.29, 1.82) is 0 Å². The number of nitrogens with zero attached hydrogens (tertiary/aromatic N) is 2. The Kier molecular flexibility index (Phi) is 5.27. The van der Waals surface area contributed by atoms with Gasteiger partial charge < -0.3 is 10.6 Å². The minimum absolute atomic E-state index is 0.301. The van der Waals surface area contributed by atoms with Gasteiger partial charge in [0.1, 0.15) is 0 Å². The molecule has 0 aromatic rings. The zero-order valence-corrected chi connectivity index (χ0v) is 13.2. The SMILES string of the molecule is CCCN1CCC(CN)(N2CCCC2C(C)C)CC1. The van der Waals surface area contributed by atoms with Crippen LogP contribution in [-0.2, 0) is 0 Å². The summed E-state index contributed by atoms with van der Waals surface area (Å²) in [6.45, 7) is 12.9. The van der Waals surface area contributed by atoms with E-state index in [0.29, 0.717) is 5.54 Å². The molecule has 0 aliphatic carbocycles. The fourth-order valence-electron chi connectivity index (χ4n) is 4.19. The van der Waals surface area contributed by atoms with E-state index in [1.54, 1.807) is 0 Å². The molecule has 2 aliphatic rings. The Morgan fingerprint density at radius 1 is 1.21 bits per heavy atom. The minimum atomic E-state index is 0.301. The maximum Gasteiger partial charge on any atom is 0.0359 e. The summed E-state index contributed by atoms with van der Waals surface area (Å²) in [5, 5.41) is 0. The Morgan fingerprint density at radius 2 is 1.89 bits per heavy atom. The topological polar surface area (TPSA) is 32.5 Å². The van der Waals surface area contributed by atoms with Crippen LogP contribution in [0.15, 0.2) is 0 Å². The van der Waals surface area contributed by atoms with E-state index < -0.39 is 0 Å². The van der Waals surface area contributed by atoms with Crippen LogP contribution < -0.4 is 5.73 Å². The number of piperidine rings is 1. The highest BCUT2D eigenvalue weighted by molar-refractivity contribution is 5.01. The molecule has 0 amide bonds. The van der Waals surface area contributed by atoms with Crippen LogP contribution in [0.2, 0.25) is 0 Å². The van der Waals surface area contributed by atoms with Crippen LogP contribution in [-0.4, -0.2) is 54.1 Å². The van der Waals surface area contributed by atoms with Gasteiger partial charge in [-0.25, -0.2) is 0 Å². The third kappa shape index (κ3) is 3.14. The highest BCUT2D eigenvalue weighted by Crippen LogP contribution is 2.36. The summed E-state index contributed by atoms with van der Waals surface area (Å²) in [6.07, 6.45) is 6.55. The fraction of sp³-hybridized carbons (Fsp3) is 1.00. The predicted octanol–water partition coefficient (Wildman–Crippen LogP) is 2.31. The van der Waals surface area contributed by atoms with Gasteiger partial charge in [-0.2, -0.15) is 0 Å². The first-order valence-corrected chi connectivity index (χ1v) is 8.32. The highest BCUT2D eigenvalue weighted by Gasteiger charge is 2.44. The van der Waals surface area contributed by atoms with Crippen molar-refractivity contribution >= 4 is 0 Å². The van der Waals surface area contributed by atoms with Crippen molar-refractivity contribution in [3.8, 4) is 0 Å².